The lowest BCUT2D eigenvalue weighted by Crippen LogP contribution is -2.06. The molecule has 2 aromatic heterocycles. The van der Waals surface area contributed by atoms with Crippen LogP contribution in [0.3, 0.4) is 0 Å². The van der Waals surface area contributed by atoms with Gasteiger partial charge in [0.15, 0.2) is 5.69 Å². The Morgan fingerprint density at radius 1 is 1.53 bits per heavy atom. The molecule has 2 aromatic rings. The van der Waals surface area contributed by atoms with E-state index in [1.54, 1.807) is 0 Å². The van der Waals surface area contributed by atoms with E-state index in [9.17, 15) is 10.1 Å². The van der Waals surface area contributed by atoms with Crippen LogP contribution in [0.15, 0.2) is 17.6 Å². The summed E-state index contributed by atoms with van der Waals surface area (Å²) in [7, 11) is 0. The number of aromatic nitrogens is 2. The Balaban J connectivity index is 2.48. The average Bonchev–Trinajstić information content (AvgIpc) is 2.82. The summed E-state index contributed by atoms with van der Waals surface area (Å²) in [6.07, 6.45) is 2.20. The maximum atomic E-state index is 11.1. The molecule has 0 radical (unpaired) electrons. The van der Waals surface area contributed by atoms with Gasteiger partial charge in [-0.15, -0.1) is 11.3 Å². The van der Waals surface area contributed by atoms with Gasteiger partial charge in [-0.25, -0.2) is 9.97 Å². The summed E-state index contributed by atoms with van der Waals surface area (Å²) in [5, 5.41) is 16.0. The highest BCUT2D eigenvalue weighted by Gasteiger charge is 2.21. The van der Waals surface area contributed by atoms with Gasteiger partial charge in [-0.2, -0.15) is 0 Å². The number of anilines is 1. The Morgan fingerprint density at radius 2 is 2.32 bits per heavy atom. The van der Waals surface area contributed by atoms with E-state index in [2.05, 4.69) is 15.3 Å². The van der Waals surface area contributed by atoms with Crippen LogP contribution in [0.25, 0.3) is 10.6 Å². The number of hydrogen-bond donors (Lipinski definition) is 1. The van der Waals surface area contributed by atoms with Crippen molar-refractivity contribution in [2.45, 2.75) is 20.3 Å². The number of nitro groups is 1. The molecule has 0 spiro atoms. The minimum absolute atomic E-state index is 0.0624. The van der Waals surface area contributed by atoms with Gasteiger partial charge in [0, 0.05) is 6.54 Å². The van der Waals surface area contributed by atoms with Gasteiger partial charge >= 0.3 is 5.69 Å². The zero-order valence-corrected chi connectivity index (χ0v) is 11.5. The summed E-state index contributed by atoms with van der Waals surface area (Å²) in [4.78, 5) is 19.7. The predicted molar refractivity (Wildman–Crippen MR) is 75.5 cm³/mol. The van der Waals surface area contributed by atoms with Gasteiger partial charge < -0.3 is 5.32 Å². The Hall–Kier alpha value is -2.02. The molecule has 0 aliphatic carbocycles. The molecule has 7 heteroatoms. The lowest BCUT2D eigenvalue weighted by molar-refractivity contribution is -0.384. The lowest BCUT2D eigenvalue weighted by atomic mass is 10.2. The summed E-state index contributed by atoms with van der Waals surface area (Å²) < 4.78 is 0. The Bertz CT molecular complexity index is 597. The largest absolute Gasteiger partial charge is 0.354 e. The van der Waals surface area contributed by atoms with Crippen molar-refractivity contribution in [2.75, 3.05) is 11.9 Å². The number of aryl methyl sites for hydroxylation is 1. The summed E-state index contributed by atoms with van der Waals surface area (Å²) >= 11 is 1.44. The quantitative estimate of drug-likeness (QED) is 0.670. The lowest BCUT2D eigenvalue weighted by Gasteiger charge is -2.05. The molecule has 0 aliphatic rings. The van der Waals surface area contributed by atoms with Gasteiger partial charge in [-0.05, 0) is 30.4 Å². The van der Waals surface area contributed by atoms with Gasteiger partial charge in [0.05, 0.1) is 9.80 Å². The van der Waals surface area contributed by atoms with Crippen LogP contribution in [0, 0.1) is 17.0 Å². The van der Waals surface area contributed by atoms with Crippen molar-refractivity contribution >= 4 is 23.0 Å². The molecule has 0 bridgehead atoms. The molecular weight excluding hydrogens is 264 g/mol. The highest BCUT2D eigenvalue weighted by molar-refractivity contribution is 7.13. The minimum Gasteiger partial charge on any atom is -0.354 e. The predicted octanol–water partition coefficient (Wildman–Crippen LogP) is 3.24. The first-order valence-corrected chi connectivity index (χ1v) is 6.81. The van der Waals surface area contributed by atoms with Gasteiger partial charge in [0.25, 0.3) is 0 Å². The van der Waals surface area contributed by atoms with Gasteiger partial charge in [-0.1, -0.05) is 6.92 Å². The van der Waals surface area contributed by atoms with E-state index in [-0.39, 0.29) is 5.69 Å². The number of nitrogens with zero attached hydrogens (tertiary/aromatic N) is 3. The topological polar surface area (TPSA) is 81.0 Å². The maximum absolute atomic E-state index is 11.1. The second-order valence-electron chi connectivity index (χ2n) is 4.04. The zero-order chi connectivity index (χ0) is 13.8. The number of hydrogen-bond acceptors (Lipinski definition) is 6. The molecule has 0 atom stereocenters. The first-order chi connectivity index (χ1) is 9.13. The van der Waals surface area contributed by atoms with Gasteiger partial charge in [0.2, 0.25) is 5.95 Å². The molecule has 1 N–H and O–H groups in total. The van der Waals surface area contributed by atoms with Crippen molar-refractivity contribution < 1.29 is 4.92 Å². The van der Waals surface area contributed by atoms with Gasteiger partial charge in [0.1, 0.15) is 6.20 Å². The van der Waals surface area contributed by atoms with Crippen LogP contribution < -0.4 is 5.32 Å². The second kappa shape index (κ2) is 5.75. The number of thiophene rings is 1. The molecule has 19 heavy (non-hydrogen) atoms. The first kappa shape index (κ1) is 13.4. The van der Waals surface area contributed by atoms with E-state index in [0.29, 0.717) is 11.6 Å². The maximum Gasteiger partial charge on any atom is 0.314 e. The fourth-order valence-corrected chi connectivity index (χ4v) is 2.54. The zero-order valence-electron chi connectivity index (χ0n) is 10.7. The third-order valence-corrected chi connectivity index (χ3v) is 3.60. The molecule has 0 aromatic carbocycles. The van der Waals surface area contributed by atoms with Crippen molar-refractivity contribution in [3.05, 3.63) is 33.3 Å². The van der Waals surface area contributed by atoms with E-state index >= 15 is 0 Å². The van der Waals surface area contributed by atoms with Crippen molar-refractivity contribution in [1.29, 1.82) is 0 Å². The van der Waals surface area contributed by atoms with Crippen LogP contribution in [0.2, 0.25) is 0 Å². The number of nitrogens with one attached hydrogen (secondary N) is 1. The van der Waals surface area contributed by atoms with E-state index in [1.807, 2.05) is 25.3 Å². The SMILES string of the molecule is CCCNc1ncc([N+](=O)[O-])c(-c2sccc2C)n1. The van der Waals surface area contributed by atoms with Crippen molar-refractivity contribution in [3.63, 3.8) is 0 Å². The molecule has 2 rings (SSSR count). The normalized spacial score (nSPS) is 10.4. The van der Waals surface area contributed by atoms with Crippen LogP contribution in [-0.2, 0) is 0 Å². The molecule has 0 unspecified atom stereocenters. The van der Waals surface area contributed by atoms with E-state index in [1.165, 1.54) is 17.5 Å². The molecular formula is C12H14N4O2S. The molecule has 2 heterocycles. The smallest absolute Gasteiger partial charge is 0.314 e. The Labute approximate surface area is 114 Å². The molecule has 0 saturated heterocycles. The average molecular weight is 278 g/mol. The molecule has 100 valence electrons. The summed E-state index contributed by atoms with van der Waals surface area (Å²) in [6.45, 7) is 4.68. The van der Waals surface area contributed by atoms with Crippen LogP contribution in [0.5, 0.6) is 0 Å². The molecule has 0 saturated carbocycles. The van der Waals surface area contributed by atoms with Crippen molar-refractivity contribution in [2.24, 2.45) is 0 Å². The Morgan fingerprint density at radius 3 is 2.89 bits per heavy atom. The molecule has 0 amide bonds. The van der Waals surface area contributed by atoms with E-state index < -0.39 is 4.92 Å². The van der Waals surface area contributed by atoms with Crippen molar-refractivity contribution in [1.82, 2.24) is 9.97 Å². The summed E-state index contributed by atoms with van der Waals surface area (Å²) in [5.41, 5.74) is 1.30. The highest BCUT2D eigenvalue weighted by Crippen LogP contribution is 2.34. The molecule has 6 nitrogen and oxygen atoms in total. The summed E-state index contributed by atoms with van der Waals surface area (Å²) in [5.74, 6) is 0.426. The molecule has 0 aliphatic heterocycles. The fourth-order valence-electron chi connectivity index (χ4n) is 1.61. The van der Waals surface area contributed by atoms with E-state index in [4.69, 9.17) is 0 Å². The van der Waals surface area contributed by atoms with Gasteiger partial charge in [-0.3, -0.25) is 10.1 Å². The first-order valence-electron chi connectivity index (χ1n) is 5.93. The Kier molecular flexibility index (Phi) is 4.06. The standard InChI is InChI=1S/C12H14N4O2S/c1-3-5-13-12-14-7-9(16(17)18)10(15-12)11-8(2)4-6-19-11/h4,6-7H,3,5H2,1-2H3,(H,13,14,15). The number of rotatable bonds is 5. The summed E-state index contributed by atoms with van der Waals surface area (Å²) in [6, 6.07) is 1.92. The van der Waals surface area contributed by atoms with Crippen LogP contribution in [-0.4, -0.2) is 21.4 Å². The molecule has 0 fully saturated rings. The third kappa shape index (κ3) is 2.87. The third-order valence-electron chi connectivity index (χ3n) is 2.58. The minimum atomic E-state index is -0.446. The van der Waals surface area contributed by atoms with Crippen LogP contribution in [0.1, 0.15) is 18.9 Å². The van der Waals surface area contributed by atoms with Crippen LogP contribution >= 0.6 is 11.3 Å². The van der Waals surface area contributed by atoms with E-state index in [0.717, 1.165) is 23.4 Å². The fraction of sp³-hybridized carbons (Fsp3) is 0.333. The second-order valence-corrected chi connectivity index (χ2v) is 4.96. The van der Waals surface area contributed by atoms with Crippen molar-refractivity contribution in [3.8, 4) is 10.6 Å². The van der Waals surface area contributed by atoms with Crippen LogP contribution in [0.4, 0.5) is 11.6 Å². The highest BCUT2D eigenvalue weighted by atomic mass is 32.1. The monoisotopic (exact) mass is 278 g/mol.